The van der Waals surface area contributed by atoms with Crippen molar-refractivity contribution in [3.05, 3.63) is 33.6 Å². The van der Waals surface area contributed by atoms with Crippen LogP contribution < -0.4 is 0 Å². The molecule has 0 nitrogen and oxygen atoms in total. The zero-order valence-corrected chi connectivity index (χ0v) is 8.65. The van der Waals surface area contributed by atoms with Crippen molar-refractivity contribution in [1.82, 2.24) is 0 Å². The molecule has 1 rings (SSSR count). The zero-order chi connectivity index (χ0) is 9.30. The molecule has 0 aliphatic heterocycles. The van der Waals surface area contributed by atoms with Gasteiger partial charge in [0.2, 0.25) is 0 Å². The molecule has 1 aromatic carbocycles. The van der Waals surface area contributed by atoms with Crippen molar-refractivity contribution < 1.29 is 4.39 Å². The van der Waals surface area contributed by atoms with E-state index in [9.17, 15) is 4.39 Å². The van der Waals surface area contributed by atoms with Gasteiger partial charge < -0.3 is 0 Å². The summed E-state index contributed by atoms with van der Waals surface area (Å²) in [5.74, 6) is -0.667. The highest BCUT2D eigenvalue weighted by Crippen LogP contribution is 2.34. The summed E-state index contributed by atoms with van der Waals surface area (Å²) < 4.78 is 13.1. The van der Waals surface area contributed by atoms with E-state index in [0.717, 1.165) is 0 Å². The van der Waals surface area contributed by atoms with Crippen LogP contribution in [0.3, 0.4) is 0 Å². The van der Waals surface area contributed by atoms with Gasteiger partial charge in [-0.25, -0.2) is 4.39 Å². The number of hydrogen-bond acceptors (Lipinski definition) is 0. The second kappa shape index (κ2) is 4.01. The summed E-state index contributed by atoms with van der Waals surface area (Å²) in [5.41, 5.74) is 0.132. The van der Waals surface area contributed by atoms with Crippen LogP contribution in [0.4, 0.5) is 4.39 Å². The third kappa shape index (κ3) is 1.97. The molecule has 0 saturated carbocycles. The van der Waals surface area contributed by atoms with E-state index in [2.05, 4.69) is 0 Å². The predicted octanol–water partition coefficient (Wildman–Crippen LogP) is 4.61. The van der Waals surface area contributed by atoms with E-state index in [0.29, 0.717) is 0 Å². The number of benzene rings is 1. The molecule has 0 fully saturated rings. The number of hydrogen-bond donors (Lipinski definition) is 0. The highest BCUT2D eigenvalue weighted by Gasteiger charge is 2.14. The minimum atomic E-state index is -0.931. The molecule has 0 aromatic heterocycles. The lowest BCUT2D eigenvalue weighted by molar-refractivity contribution is 0.616. The van der Waals surface area contributed by atoms with E-state index in [-0.39, 0.29) is 15.6 Å². The Morgan fingerprint density at radius 2 is 1.75 bits per heavy atom. The van der Waals surface area contributed by atoms with Crippen molar-refractivity contribution in [2.24, 2.45) is 0 Å². The van der Waals surface area contributed by atoms with Crippen LogP contribution in [-0.2, 0) is 0 Å². The molecule has 0 aliphatic rings. The van der Waals surface area contributed by atoms with Gasteiger partial charge in [-0.2, -0.15) is 0 Å². The van der Waals surface area contributed by atoms with Gasteiger partial charge >= 0.3 is 0 Å². The number of rotatable bonds is 1. The van der Waals surface area contributed by atoms with Crippen LogP contribution >= 0.6 is 46.4 Å². The fourth-order valence-electron chi connectivity index (χ4n) is 0.709. The lowest BCUT2D eigenvalue weighted by Crippen LogP contribution is -1.89. The van der Waals surface area contributed by atoms with Crippen LogP contribution in [0.1, 0.15) is 10.4 Å². The van der Waals surface area contributed by atoms with Crippen molar-refractivity contribution in [3.63, 3.8) is 0 Å². The molecule has 1 aromatic rings. The van der Waals surface area contributed by atoms with Crippen LogP contribution in [0, 0.1) is 5.82 Å². The van der Waals surface area contributed by atoms with Crippen molar-refractivity contribution in [1.29, 1.82) is 0 Å². The maximum Gasteiger partial charge on any atom is 0.149 e. The summed E-state index contributed by atoms with van der Waals surface area (Å²) >= 11 is 21.9. The van der Waals surface area contributed by atoms with Crippen molar-refractivity contribution in [3.8, 4) is 0 Å². The Hall–Kier alpha value is 0.310. The first-order chi connectivity index (χ1) is 5.54. The van der Waals surface area contributed by atoms with Gasteiger partial charge in [0.25, 0.3) is 0 Å². The fraction of sp³-hybridized carbons (Fsp3) is 0.143. The van der Waals surface area contributed by atoms with Gasteiger partial charge in [0, 0.05) is 5.56 Å². The minimum absolute atomic E-state index is 0.132. The van der Waals surface area contributed by atoms with E-state index >= 15 is 0 Å². The summed E-state index contributed by atoms with van der Waals surface area (Å²) in [4.78, 5) is -0.931. The maximum atomic E-state index is 13.1. The van der Waals surface area contributed by atoms with Crippen LogP contribution in [0.25, 0.3) is 0 Å². The first-order valence-electron chi connectivity index (χ1n) is 2.95. The van der Waals surface area contributed by atoms with E-state index in [1.165, 1.54) is 12.1 Å². The van der Waals surface area contributed by atoms with E-state index in [1.54, 1.807) is 0 Å². The normalized spacial score (nSPS) is 10.8. The van der Waals surface area contributed by atoms with Gasteiger partial charge in [0.1, 0.15) is 10.7 Å². The van der Waals surface area contributed by atoms with E-state index in [4.69, 9.17) is 46.4 Å². The predicted molar refractivity (Wildman–Crippen MR) is 50.9 cm³/mol. The van der Waals surface area contributed by atoms with Crippen molar-refractivity contribution in [2.45, 2.75) is 4.84 Å². The SMILES string of the molecule is Fc1c(C(Cl)Cl)ccc(Cl)c1Cl. The Bertz CT molecular complexity index is 298. The van der Waals surface area contributed by atoms with Gasteiger partial charge in [-0.05, 0) is 6.07 Å². The van der Waals surface area contributed by atoms with E-state index in [1.807, 2.05) is 0 Å². The lowest BCUT2D eigenvalue weighted by Gasteiger charge is -2.05. The summed E-state index contributed by atoms with van der Waals surface area (Å²) in [7, 11) is 0. The molecule has 0 N–H and O–H groups in total. The molecule has 0 amide bonds. The number of halogens is 5. The highest BCUT2D eigenvalue weighted by molar-refractivity contribution is 6.45. The molecule has 66 valence electrons. The lowest BCUT2D eigenvalue weighted by atomic mass is 10.2. The molecular weight excluding hydrogens is 245 g/mol. The largest absolute Gasteiger partial charge is 0.205 e. The zero-order valence-electron chi connectivity index (χ0n) is 5.62. The molecule has 5 heteroatoms. The molecule has 0 saturated heterocycles. The Kier molecular flexibility index (Phi) is 3.47. The Labute approximate surface area is 89.2 Å². The van der Waals surface area contributed by atoms with Crippen LogP contribution in [0.5, 0.6) is 0 Å². The molecule has 0 spiro atoms. The second-order valence-corrected chi connectivity index (χ2v) is 3.95. The van der Waals surface area contributed by atoms with Gasteiger partial charge in [0.05, 0.1) is 10.0 Å². The maximum absolute atomic E-state index is 13.1. The van der Waals surface area contributed by atoms with E-state index < -0.39 is 10.7 Å². The molecular formula is C7H3Cl4F. The van der Waals surface area contributed by atoms with Crippen LogP contribution in [-0.4, -0.2) is 0 Å². The first-order valence-corrected chi connectivity index (χ1v) is 4.58. The topological polar surface area (TPSA) is 0 Å². The monoisotopic (exact) mass is 246 g/mol. The van der Waals surface area contributed by atoms with Crippen LogP contribution in [0.15, 0.2) is 12.1 Å². The number of alkyl halides is 2. The van der Waals surface area contributed by atoms with Crippen LogP contribution in [0.2, 0.25) is 10.0 Å². The highest BCUT2D eigenvalue weighted by atomic mass is 35.5. The standard InChI is InChI=1S/C7H3Cl4F/c8-4-2-1-3(7(10)11)6(12)5(4)9/h1-2,7H. The third-order valence-electron chi connectivity index (χ3n) is 1.30. The minimum Gasteiger partial charge on any atom is -0.205 e. The second-order valence-electron chi connectivity index (χ2n) is 2.07. The summed E-state index contributed by atoms with van der Waals surface area (Å²) in [6.45, 7) is 0. The molecule has 0 heterocycles. The summed E-state index contributed by atoms with van der Waals surface area (Å²) in [6.07, 6.45) is 0. The van der Waals surface area contributed by atoms with Gasteiger partial charge in [-0.15, -0.1) is 0 Å². The summed E-state index contributed by atoms with van der Waals surface area (Å²) in [6, 6.07) is 2.84. The average molecular weight is 248 g/mol. The molecule has 0 bridgehead atoms. The summed E-state index contributed by atoms with van der Waals surface area (Å²) in [5, 5.41) is -0.00707. The molecule has 0 unspecified atom stereocenters. The smallest absolute Gasteiger partial charge is 0.149 e. The Balaban J connectivity index is 3.27. The Morgan fingerprint density at radius 3 is 2.25 bits per heavy atom. The van der Waals surface area contributed by atoms with Gasteiger partial charge in [0.15, 0.2) is 0 Å². The molecule has 0 radical (unpaired) electrons. The average Bonchev–Trinajstić information content (AvgIpc) is 2.00. The molecule has 12 heavy (non-hydrogen) atoms. The quantitative estimate of drug-likeness (QED) is 0.502. The fourth-order valence-corrected chi connectivity index (χ4v) is 1.36. The Morgan fingerprint density at radius 1 is 1.17 bits per heavy atom. The van der Waals surface area contributed by atoms with Crippen molar-refractivity contribution >= 4 is 46.4 Å². The van der Waals surface area contributed by atoms with Gasteiger partial charge in [-0.1, -0.05) is 52.5 Å². The molecule has 0 atom stereocenters. The third-order valence-corrected chi connectivity index (χ3v) is 2.55. The van der Waals surface area contributed by atoms with Crippen molar-refractivity contribution in [2.75, 3.05) is 0 Å². The molecule has 0 aliphatic carbocycles. The van der Waals surface area contributed by atoms with Gasteiger partial charge in [-0.3, -0.25) is 0 Å². The first kappa shape index (κ1) is 10.4.